The lowest BCUT2D eigenvalue weighted by atomic mass is 10.2. The molecule has 1 aromatic heterocycles. The summed E-state index contributed by atoms with van der Waals surface area (Å²) in [5.41, 5.74) is 2.50. The van der Waals surface area contributed by atoms with Crippen LogP contribution in [-0.2, 0) is 0 Å². The molecule has 0 N–H and O–H groups in total. The monoisotopic (exact) mass is 347 g/mol. The smallest absolute Gasteiger partial charge is 0.362 e. The third kappa shape index (κ3) is 4.33. The van der Waals surface area contributed by atoms with E-state index in [1.165, 1.54) is 18.3 Å². The topological polar surface area (TPSA) is 65.5 Å². The fraction of sp³-hybridized carbons (Fsp3) is 0.0952. The number of hydrogen-bond acceptors (Lipinski definition) is 5. The zero-order valence-corrected chi connectivity index (χ0v) is 14.4. The van der Waals surface area contributed by atoms with Crippen LogP contribution >= 0.6 is 0 Å². The van der Waals surface area contributed by atoms with Crippen molar-refractivity contribution >= 4 is 11.9 Å². The van der Waals surface area contributed by atoms with Crippen LogP contribution in [0.25, 0.3) is 0 Å². The maximum atomic E-state index is 12.1. The number of pyridine rings is 1. The Kier molecular flexibility index (Phi) is 5.08. The van der Waals surface area contributed by atoms with E-state index in [2.05, 4.69) is 4.98 Å². The number of esters is 2. The van der Waals surface area contributed by atoms with Crippen molar-refractivity contribution in [3.05, 3.63) is 89.2 Å². The molecule has 0 radical (unpaired) electrons. The number of aromatic nitrogens is 1. The molecule has 130 valence electrons. The number of aryl methyl sites for hydroxylation is 2. The van der Waals surface area contributed by atoms with Gasteiger partial charge in [-0.2, -0.15) is 0 Å². The van der Waals surface area contributed by atoms with Gasteiger partial charge >= 0.3 is 11.9 Å². The molecule has 0 atom stereocenters. The zero-order valence-electron chi connectivity index (χ0n) is 14.4. The molecule has 0 spiro atoms. The molecule has 0 aliphatic carbocycles. The normalized spacial score (nSPS) is 10.2. The number of ether oxygens (including phenoxy) is 2. The summed E-state index contributed by atoms with van der Waals surface area (Å²) in [4.78, 5) is 28.2. The number of benzene rings is 2. The Labute approximate surface area is 151 Å². The zero-order chi connectivity index (χ0) is 18.5. The van der Waals surface area contributed by atoms with E-state index in [-0.39, 0.29) is 11.3 Å². The van der Waals surface area contributed by atoms with Gasteiger partial charge in [0, 0.05) is 6.20 Å². The van der Waals surface area contributed by atoms with Gasteiger partial charge in [-0.05, 0) is 50.2 Å². The molecule has 0 unspecified atom stereocenters. The van der Waals surface area contributed by atoms with Gasteiger partial charge < -0.3 is 9.47 Å². The first-order chi connectivity index (χ1) is 12.5. The highest BCUT2D eigenvalue weighted by atomic mass is 16.5. The van der Waals surface area contributed by atoms with E-state index < -0.39 is 11.9 Å². The largest absolute Gasteiger partial charge is 0.423 e. The highest BCUT2D eigenvalue weighted by molar-refractivity contribution is 5.93. The molecule has 3 aromatic rings. The van der Waals surface area contributed by atoms with Gasteiger partial charge in [0.25, 0.3) is 0 Å². The molecule has 0 bridgehead atoms. The average Bonchev–Trinajstić information content (AvgIpc) is 2.65. The van der Waals surface area contributed by atoms with Crippen LogP contribution in [0.2, 0.25) is 0 Å². The van der Waals surface area contributed by atoms with E-state index in [0.29, 0.717) is 11.5 Å². The van der Waals surface area contributed by atoms with E-state index in [0.717, 1.165) is 11.1 Å². The van der Waals surface area contributed by atoms with Crippen molar-refractivity contribution in [1.82, 2.24) is 4.98 Å². The van der Waals surface area contributed by atoms with Crippen LogP contribution in [0, 0.1) is 13.8 Å². The summed E-state index contributed by atoms with van der Waals surface area (Å²) < 4.78 is 10.5. The molecule has 0 aliphatic heterocycles. The minimum absolute atomic E-state index is 0.109. The standard InChI is InChI=1S/C21H17NO4/c1-14-3-8-17(9-4-14)25-20(23)16-7-12-19(22-13-16)21(24)26-18-10-5-15(2)6-11-18/h3-13H,1-2H3. The van der Waals surface area contributed by atoms with Gasteiger partial charge in [0.15, 0.2) is 0 Å². The van der Waals surface area contributed by atoms with Crippen molar-refractivity contribution in [3.8, 4) is 11.5 Å². The molecule has 0 aliphatic rings. The predicted octanol–water partition coefficient (Wildman–Crippen LogP) is 4.14. The van der Waals surface area contributed by atoms with Crippen molar-refractivity contribution < 1.29 is 19.1 Å². The lowest BCUT2D eigenvalue weighted by Crippen LogP contribution is -2.13. The first-order valence-corrected chi connectivity index (χ1v) is 8.05. The van der Waals surface area contributed by atoms with Crippen molar-refractivity contribution in [2.45, 2.75) is 13.8 Å². The number of nitrogens with zero attached hydrogens (tertiary/aromatic N) is 1. The Morgan fingerprint density at radius 3 is 1.65 bits per heavy atom. The molecule has 1 heterocycles. The molecule has 5 nitrogen and oxygen atoms in total. The van der Waals surface area contributed by atoms with Crippen LogP contribution in [-0.4, -0.2) is 16.9 Å². The molecule has 0 saturated heterocycles. The molecular formula is C21H17NO4. The second kappa shape index (κ2) is 7.61. The van der Waals surface area contributed by atoms with E-state index in [9.17, 15) is 9.59 Å². The van der Waals surface area contributed by atoms with Crippen LogP contribution in [0.5, 0.6) is 11.5 Å². The SMILES string of the molecule is Cc1ccc(OC(=O)c2ccc(C(=O)Oc3ccc(C)cc3)nc2)cc1. The Balaban J connectivity index is 1.65. The van der Waals surface area contributed by atoms with E-state index >= 15 is 0 Å². The van der Waals surface area contributed by atoms with Crippen LogP contribution < -0.4 is 9.47 Å². The first-order valence-electron chi connectivity index (χ1n) is 8.05. The molecule has 3 rings (SSSR count). The van der Waals surface area contributed by atoms with Crippen molar-refractivity contribution in [2.24, 2.45) is 0 Å². The quantitative estimate of drug-likeness (QED) is 0.524. The number of hydrogen-bond donors (Lipinski definition) is 0. The fourth-order valence-corrected chi connectivity index (χ4v) is 2.17. The van der Waals surface area contributed by atoms with Crippen LogP contribution in [0.3, 0.4) is 0 Å². The molecule has 0 saturated carbocycles. The molecule has 5 heteroatoms. The number of carbonyl (C=O) groups is 2. The van der Waals surface area contributed by atoms with Gasteiger partial charge in [0.2, 0.25) is 0 Å². The van der Waals surface area contributed by atoms with Crippen molar-refractivity contribution in [2.75, 3.05) is 0 Å². The predicted molar refractivity (Wildman–Crippen MR) is 96.5 cm³/mol. The summed E-state index contributed by atoms with van der Waals surface area (Å²) in [7, 11) is 0. The Bertz CT molecular complexity index is 835. The summed E-state index contributed by atoms with van der Waals surface area (Å²) in [6.07, 6.45) is 1.29. The third-order valence-electron chi connectivity index (χ3n) is 3.67. The number of rotatable bonds is 4. The first kappa shape index (κ1) is 17.4. The summed E-state index contributed by atoms with van der Waals surface area (Å²) in [5, 5.41) is 0. The lowest BCUT2D eigenvalue weighted by molar-refractivity contribution is 0.0715. The Morgan fingerprint density at radius 1 is 0.692 bits per heavy atom. The van der Waals surface area contributed by atoms with Gasteiger partial charge in [-0.1, -0.05) is 35.4 Å². The van der Waals surface area contributed by atoms with Gasteiger partial charge in [-0.3, -0.25) is 0 Å². The highest BCUT2D eigenvalue weighted by Gasteiger charge is 2.14. The second-order valence-electron chi connectivity index (χ2n) is 5.84. The van der Waals surface area contributed by atoms with E-state index in [1.54, 1.807) is 24.3 Å². The van der Waals surface area contributed by atoms with E-state index in [4.69, 9.17) is 9.47 Å². The average molecular weight is 347 g/mol. The van der Waals surface area contributed by atoms with Crippen LogP contribution in [0.4, 0.5) is 0 Å². The summed E-state index contributed by atoms with van der Waals surface area (Å²) in [5.74, 6) is -0.249. The fourth-order valence-electron chi connectivity index (χ4n) is 2.17. The summed E-state index contributed by atoms with van der Waals surface area (Å²) >= 11 is 0. The van der Waals surface area contributed by atoms with Crippen molar-refractivity contribution in [3.63, 3.8) is 0 Å². The van der Waals surface area contributed by atoms with Gasteiger partial charge in [0.1, 0.15) is 17.2 Å². The highest BCUT2D eigenvalue weighted by Crippen LogP contribution is 2.15. The van der Waals surface area contributed by atoms with Gasteiger partial charge in [-0.15, -0.1) is 0 Å². The van der Waals surface area contributed by atoms with E-state index in [1.807, 2.05) is 38.1 Å². The number of carbonyl (C=O) groups excluding carboxylic acids is 2. The third-order valence-corrected chi connectivity index (χ3v) is 3.67. The Hall–Kier alpha value is -3.47. The molecule has 0 fully saturated rings. The lowest BCUT2D eigenvalue weighted by Gasteiger charge is -2.06. The molecule has 0 amide bonds. The van der Waals surface area contributed by atoms with Gasteiger partial charge in [-0.25, -0.2) is 14.6 Å². The van der Waals surface area contributed by atoms with Crippen LogP contribution in [0.15, 0.2) is 66.9 Å². The molecular weight excluding hydrogens is 330 g/mol. The summed E-state index contributed by atoms with van der Waals surface area (Å²) in [6, 6.07) is 17.2. The van der Waals surface area contributed by atoms with Crippen molar-refractivity contribution in [1.29, 1.82) is 0 Å². The van der Waals surface area contributed by atoms with Crippen LogP contribution in [0.1, 0.15) is 32.0 Å². The Morgan fingerprint density at radius 2 is 1.19 bits per heavy atom. The molecule has 26 heavy (non-hydrogen) atoms. The second-order valence-corrected chi connectivity index (χ2v) is 5.84. The maximum absolute atomic E-state index is 12.1. The summed E-state index contributed by atoms with van der Waals surface area (Å²) in [6.45, 7) is 3.89. The minimum atomic E-state index is -0.590. The van der Waals surface area contributed by atoms with Gasteiger partial charge in [0.05, 0.1) is 5.56 Å². The minimum Gasteiger partial charge on any atom is -0.423 e. The molecule has 2 aromatic carbocycles. The maximum Gasteiger partial charge on any atom is 0.362 e.